The van der Waals surface area contributed by atoms with Crippen molar-refractivity contribution >= 4 is 11.6 Å². The largest absolute Gasteiger partial charge is 0.448 e. The molecular weight excluding hydrogens is 192 g/mol. The average Bonchev–Trinajstić information content (AvgIpc) is 2.71. The molecule has 15 heavy (non-hydrogen) atoms. The zero-order valence-electron chi connectivity index (χ0n) is 8.01. The molecule has 0 spiro atoms. The minimum Gasteiger partial charge on any atom is -0.448 e. The topological polar surface area (TPSA) is 55.1 Å². The van der Waals surface area contributed by atoms with Crippen LogP contribution in [0.4, 0.5) is 5.69 Å². The summed E-state index contributed by atoms with van der Waals surface area (Å²) in [7, 11) is 0. The molecular formula is C11H10N2O2. The second kappa shape index (κ2) is 4.41. The lowest BCUT2D eigenvalue weighted by atomic mass is 10.3. The van der Waals surface area contributed by atoms with E-state index in [2.05, 4.69) is 10.3 Å². The molecule has 4 nitrogen and oxygen atoms in total. The Kier molecular flexibility index (Phi) is 2.78. The molecule has 1 N–H and O–H groups in total. The molecule has 0 aliphatic rings. The highest BCUT2D eigenvalue weighted by Crippen LogP contribution is 2.06. The fraction of sp³-hybridized carbons (Fsp3) is 0.0909. The van der Waals surface area contributed by atoms with E-state index < -0.39 is 0 Å². The Labute approximate surface area is 86.9 Å². The zero-order chi connectivity index (χ0) is 10.5. The highest BCUT2D eigenvalue weighted by atomic mass is 16.3. The van der Waals surface area contributed by atoms with Gasteiger partial charge in [0.25, 0.3) is 0 Å². The van der Waals surface area contributed by atoms with Crippen LogP contribution in [0.1, 0.15) is 5.89 Å². The number of carbonyl (C=O) groups excluding carboxylic acids is 1. The number of oxazole rings is 1. The van der Waals surface area contributed by atoms with Crippen molar-refractivity contribution in [2.24, 2.45) is 0 Å². The number of aromatic nitrogens is 1. The molecule has 2 rings (SSSR count). The number of nitrogens with one attached hydrogen (secondary N) is 1. The minimum atomic E-state index is -0.136. The van der Waals surface area contributed by atoms with Crippen molar-refractivity contribution in [2.45, 2.75) is 6.42 Å². The lowest BCUT2D eigenvalue weighted by Crippen LogP contribution is -2.14. The van der Waals surface area contributed by atoms with Crippen LogP contribution in [0.15, 0.2) is 47.2 Å². The Hall–Kier alpha value is -2.10. The maximum atomic E-state index is 11.5. The van der Waals surface area contributed by atoms with Gasteiger partial charge in [-0.1, -0.05) is 18.2 Å². The van der Waals surface area contributed by atoms with Gasteiger partial charge in [-0.3, -0.25) is 4.79 Å². The fourth-order valence-electron chi connectivity index (χ4n) is 1.20. The number of para-hydroxylation sites is 1. The molecule has 0 saturated carbocycles. The van der Waals surface area contributed by atoms with Gasteiger partial charge in [-0.25, -0.2) is 4.98 Å². The number of hydrogen-bond donors (Lipinski definition) is 1. The van der Waals surface area contributed by atoms with Crippen LogP contribution < -0.4 is 5.32 Å². The van der Waals surface area contributed by atoms with Crippen molar-refractivity contribution in [2.75, 3.05) is 5.32 Å². The van der Waals surface area contributed by atoms with Gasteiger partial charge >= 0.3 is 0 Å². The summed E-state index contributed by atoms with van der Waals surface area (Å²) < 4.78 is 4.97. The Bertz CT molecular complexity index is 423. The van der Waals surface area contributed by atoms with Crippen LogP contribution in [0.2, 0.25) is 0 Å². The van der Waals surface area contributed by atoms with E-state index in [1.807, 2.05) is 30.3 Å². The highest BCUT2D eigenvalue weighted by Gasteiger charge is 2.06. The summed E-state index contributed by atoms with van der Waals surface area (Å²) in [5.74, 6) is 0.284. The van der Waals surface area contributed by atoms with E-state index in [9.17, 15) is 4.79 Å². The molecule has 0 aliphatic carbocycles. The molecule has 2 aromatic rings. The number of amides is 1. The zero-order valence-corrected chi connectivity index (χ0v) is 8.01. The first-order valence-corrected chi connectivity index (χ1v) is 4.58. The Morgan fingerprint density at radius 1 is 1.33 bits per heavy atom. The second-order valence-corrected chi connectivity index (χ2v) is 3.02. The van der Waals surface area contributed by atoms with Gasteiger partial charge in [0, 0.05) is 5.69 Å². The molecule has 0 saturated heterocycles. The lowest BCUT2D eigenvalue weighted by molar-refractivity contribution is -0.115. The van der Waals surface area contributed by atoms with Gasteiger partial charge in [0.2, 0.25) is 11.8 Å². The normalized spacial score (nSPS) is 9.87. The third-order valence-corrected chi connectivity index (χ3v) is 1.85. The third kappa shape index (κ3) is 2.67. The van der Waals surface area contributed by atoms with Gasteiger partial charge in [-0.05, 0) is 12.1 Å². The molecule has 1 amide bonds. The van der Waals surface area contributed by atoms with E-state index in [4.69, 9.17) is 4.42 Å². The molecule has 0 atom stereocenters. The second-order valence-electron chi connectivity index (χ2n) is 3.02. The molecule has 0 bridgehead atoms. The molecule has 1 aromatic carbocycles. The number of hydrogen-bond acceptors (Lipinski definition) is 3. The molecule has 76 valence electrons. The smallest absolute Gasteiger partial charge is 0.233 e. The Morgan fingerprint density at radius 2 is 2.13 bits per heavy atom. The first kappa shape index (κ1) is 9.45. The van der Waals surface area contributed by atoms with Crippen molar-refractivity contribution in [1.29, 1.82) is 0 Å². The number of anilines is 1. The summed E-state index contributed by atoms with van der Waals surface area (Å²) in [5.41, 5.74) is 0.772. The molecule has 4 heteroatoms. The van der Waals surface area contributed by atoms with Gasteiger partial charge in [-0.15, -0.1) is 0 Å². The summed E-state index contributed by atoms with van der Waals surface area (Å²) in [6.45, 7) is 0. The van der Waals surface area contributed by atoms with Crippen molar-refractivity contribution in [1.82, 2.24) is 4.98 Å². The molecule has 1 aromatic heterocycles. The quantitative estimate of drug-likeness (QED) is 0.826. The van der Waals surface area contributed by atoms with E-state index in [0.717, 1.165) is 5.69 Å². The standard InChI is InChI=1S/C11H10N2O2/c14-10(8-11-12-6-7-15-11)13-9-4-2-1-3-5-9/h1-7H,8H2,(H,13,14). The first-order valence-electron chi connectivity index (χ1n) is 4.58. The fourth-order valence-corrected chi connectivity index (χ4v) is 1.20. The van der Waals surface area contributed by atoms with Crippen LogP contribution in [-0.4, -0.2) is 10.9 Å². The first-order chi connectivity index (χ1) is 7.34. The maximum absolute atomic E-state index is 11.5. The van der Waals surface area contributed by atoms with Crippen LogP contribution in [0, 0.1) is 0 Å². The van der Waals surface area contributed by atoms with Crippen LogP contribution in [0.3, 0.4) is 0 Å². The van der Waals surface area contributed by atoms with E-state index in [-0.39, 0.29) is 12.3 Å². The van der Waals surface area contributed by atoms with E-state index in [1.54, 1.807) is 0 Å². The predicted octanol–water partition coefficient (Wildman–Crippen LogP) is 1.86. The van der Waals surface area contributed by atoms with E-state index in [1.165, 1.54) is 12.5 Å². The minimum absolute atomic E-state index is 0.136. The SMILES string of the molecule is O=C(Cc1ncco1)Nc1ccccc1. The van der Waals surface area contributed by atoms with Crippen molar-refractivity contribution in [3.05, 3.63) is 48.7 Å². The Morgan fingerprint density at radius 3 is 2.80 bits per heavy atom. The number of benzene rings is 1. The van der Waals surface area contributed by atoms with Crippen LogP contribution >= 0.6 is 0 Å². The van der Waals surface area contributed by atoms with Crippen molar-refractivity contribution in [3.8, 4) is 0 Å². The van der Waals surface area contributed by atoms with Crippen LogP contribution in [-0.2, 0) is 11.2 Å². The number of carbonyl (C=O) groups is 1. The maximum Gasteiger partial charge on any atom is 0.233 e. The predicted molar refractivity (Wildman–Crippen MR) is 55.3 cm³/mol. The van der Waals surface area contributed by atoms with Gasteiger partial charge in [0.1, 0.15) is 12.7 Å². The third-order valence-electron chi connectivity index (χ3n) is 1.85. The molecule has 1 heterocycles. The lowest BCUT2D eigenvalue weighted by Gasteiger charge is -2.02. The van der Waals surface area contributed by atoms with Crippen LogP contribution in [0.5, 0.6) is 0 Å². The summed E-state index contributed by atoms with van der Waals surface area (Å²) in [5, 5.41) is 2.74. The monoisotopic (exact) mass is 202 g/mol. The van der Waals surface area contributed by atoms with Gasteiger partial charge in [-0.2, -0.15) is 0 Å². The van der Waals surface area contributed by atoms with E-state index in [0.29, 0.717) is 5.89 Å². The molecule has 0 radical (unpaired) electrons. The van der Waals surface area contributed by atoms with Crippen LogP contribution in [0.25, 0.3) is 0 Å². The molecule has 0 unspecified atom stereocenters. The van der Waals surface area contributed by atoms with Gasteiger partial charge in [0.05, 0.1) is 6.20 Å². The summed E-state index contributed by atoms with van der Waals surface area (Å²) in [4.78, 5) is 15.3. The Balaban J connectivity index is 1.94. The average molecular weight is 202 g/mol. The van der Waals surface area contributed by atoms with Gasteiger partial charge < -0.3 is 9.73 Å². The molecule has 0 fully saturated rings. The summed E-state index contributed by atoms with van der Waals surface area (Å²) >= 11 is 0. The summed E-state index contributed by atoms with van der Waals surface area (Å²) in [6.07, 6.45) is 3.12. The number of rotatable bonds is 3. The molecule has 0 aliphatic heterocycles. The van der Waals surface area contributed by atoms with Crippen molar-refractivity contribution < 1.29 is 9.21 Å². The van der Waals surface area contributed by atoms with E-state index >= 15 is 0 Å². The summed E-state index contributed by atoms with van der Waals surface area (Å²) in [6, 6.07) is 9.27. The number of nitrogens with zero attached hydrogens (tertiary/aromatic N) is 1. The van der Waals surface area contributed by atoms with Gasteiger partial charge in [0.15, 0.2) is 0 Å². The highest BCUT2D eigenvalue weighted by molar-refractivity contribution is 5.91. The van der Waals surface area contributed by atoms with Crippen molar-refractivity contribution in [3.63, 3.8) is 0 Å².